The number of ether oxygens (including phenoxy) is 1. The Kier molecular flexibility index (Phi) is 4.26. The first kappa shape index (κ1) is 12.9. The van der Waals surface area contributed by atoms with Crippen LogP contribution >= 0.6 is 0 Å². The second kappa shape index (κ2) is 5.27. The zero-order valence-electron chi connectivity index (χ0n) is 9.38. The summed E-state index contributed by atoms with van der Waals surface area (Å²) in [6.45, 7) is 1.66. The third-order valence-electron chi connectivity index (χ3n) is 1.87. The maximum Gasteiger partial charge on any atom is 0.213 e. The highest BCUT2D eigenvalue weighted by Crippen LogP contribution is 2.10. The van der Waals surface area contributed by atoms with Crippen molar-refractivity contribution in [1.29, 1.82) is 0 Å². The lowest BCUT2D eigenvalue weighted by molar-refractivity contribution is 0.396. The number of aromatic nitrogens is 1. The molecule has 0 aromatic carbocycles. The van der Waals surface area contributed by atoms with Crippen molar-refractivity contribution in [2.24, 2.45) is 5.73 Å². The molecule has 0 aliphatic heterocycles. The van der Waals surface area contributed by atoms with Gasteiger partial charge >= 0.3 is 0 Å². The van der Waals surface area contributed by atoms with Crippen LogP contribution in [0, 0.1) is 0 Å². The van der Waals surface area contributed by atoms with E-state index in [0.29, 0.717) is 11.6 Å². The fraction of sp³-hybridized carbons (Fsp3) is 0.500. The van der Waals surface area contributed by atoms with Crippen molar-refractivity contribution in [1.82, 2.24) is 4.98 Å². The molecule has 1 heterocycles. The van der Waals surface area contributed by atoms with Crippen molar-refractivity contribution in [2.75, 3.05) is 12.9 Å². The van der Waals surface area contributed by atoms with Crippen LogP contribution in [0.2, 0.25) is 0 Å². The summed E-state index contributed by atoms with van der Waals surface area (Å²) in [6.07, 6.45) is 0. The van der Waals surface area contributed by atoms with Gasteiger partial charge in [-0.15, -0.1) is 0 Å². The van der Waals surface area contributed by atoms with Gasteiger partial charge in [0.2, 0.25) is 5.88 Å². The van der Waals surface area contributed by atoms with Crippen LogP contribution in [0.25, 0.3) is 0 Å². The normalized spacial score (nSPS) is 13.4. The van der Waals surface area contributed by atoms with E-state index in [0.717, 1.165) is 0 Å². The summed E-state index contributed by atoms with van der Waals surface area (Å²) in [5.74, 6) is 0.269. The largest absolute Gasteiger partial charge is 0.481 e. The molecule has 1 unspecified atom stereocenters. The molecule has 1 rings (SSSR count). The van der Waals surface area contributed by atoms with Gasteiger partial charge in [-0.05, 0) is 13.0 Å². The number of pyridine rings is 1. The van der Waals surface area contributed by atoms with Crippen LogP contribution in [-0.2, 0) is 15.6 Å². The lowest BCUT2D eigenvalue weighted by Gasteiger charge is -2.07. The van der Waals surface area contributed by atoms with Crippen molar-refractivity contribution < 1.29 is 13.2 Å². The Morgan fingerprint density at radius 1 is 1.50 bits per heavy atom. The summed E-state index contributed by atoms with van der Waals surface area (Å²) < 4.78 is 28.2. The zero-order chi connectivity index (χ0) is 12.2. The van der Waals surface area contributed by atoms with E-state index in [4.69, 9.17) is 10.5 Å². The van der Waals surface area contributed by atoms with Crippen molar-refractivity contribution >= 4 is 9.84 Å². The lowest BCUT2D eigenvalue weighted by atomic mass is 10.4. The molecule has 0 radical (unpaired) electrons. The van der Waals surface area contributed by atoms with Gasteiger partial charge < -0.3 is 10.5 Å². The first-order valence-electron chi connectivity index (χ1n) is 4.89. The van der Waals surface area contributed by atoms with E-state index in [1.54, 1.807) is 25.1 Å². The van der Waals surface area contributed by atoms with Crippen LogP contribution in [0.3, 0.4) is 0 Å². The van der Waals surface area contributed by atoms with E-state index in [1.807, 2.05) is 0 Å². The third kappa shape index (κ3) is 4.16. The third-order valence-corrected chi connectivity index (χ3v) is 3.64. The van der Waals surface area contributed by atoms with Crippen molar-refractivity contribution in [3.8, 4) is 5.88 Å². The maximum atomic E-state index is 11.6. The molecular formula is C10H16N2O3S. The van der Waals surface area contributed by atoms with Crippen molar-refractivity contribution in [3.05, 3.63) is 23.9 Å². The number of rotatable bonds is 5. The standard InChI is InChI=1S/C10H16N2O3S/c1-8(11)6-16(13,14)7-9-4-3-5-10(12-9)15-2/h3-5,8H,6-7,11H2,1-2H3. The SMILES string of the molecule is COc1cccc(CS(=O)(=O)CC(C)N)n1. The molecule has 90 valence electrons. The number of nitrogens with two attached hydrogens (primary N) is 1. The number of sulfone groups is 1. The molecule has 0 aliphatic carbocycles. The molecular weight excluding hydrogens is 228 g/mol. The fourth-order valence-electron chi connectivity index (χ4n) is 1.34. The summed E-state index contributed by atoms with van der Waals surface area (Å²) >= 11 is 0. The number of hydrogen-bond acceptors (Lipinski definition) is 5. The van der Waals surface area contributed by atoms with Crippen molar-refractivity contribution in [2.45, 2.75) is 18.7 Å². The van der Waals surface area contributed by atoms with Gasteiger partial charge in [0, 0.05) is 12.1 Å². The average Bonchev–Trinajstić information content (AvgIpc) is 2.15. The Morgan fingerprint density at radius 3 is 2.75 bits per heavy atom. The molecule has 0 bridgehead atoms. The van der Waals surface area contributed by atoms with Gasteiger partial charge in [0.25, 0.3) is 0 Å². The maximum absolute atomic E-state index is 11.6. The van der Waals surface area contributed by atoms with Crippen LogP contribution in [-0.4, -0.2) is 32.3 Å². The summed E-state index contributed by atoms with van der Waals surface area (Å²) in [5.41, 5.74) is 5.94. The molecule has 0 aliphatic rings. The second-order valence-electron chi connectivity index (χ2n) is 3.70. The molecule has 0 fully saturated rings. The summed E-state index contributed by atoms with van der Waals surface area (Å²) in [4.78, 5) is 4.04. The number of methoxy groups -OCH3 is 1. The molecule has 0 saturated carbocycles. The molecule has 6 heteroatoms. The topological polar surface area (TPSA) is 82.3 Å². The lowest BCUT2D eigenvalue weighted by Crippen LogP contribution is -2.27. The van der Waals surface area contributed by atoms with E-state index in [-0.39, 0.29) is 17.5 Å². The monoisotopic (exact) mass is 244 g/mol. The highest BCUT2D eigenvalue weighted by molar-refractivity contribution is 7.90. The first-order chi connectivity index (χ1) is 7.43. The first-order valence-corrected chi connectivity index (χ1v) is 6.71. The predicted octanol–water partition coefficient (Wildman–Crippen LogP) is 0.352. The van der Waals surface area contributed by atoms with Crippen molar-refractivity contribution in [3.63, 3.8) is 0 Å². The molecule has 2 N–H and O–H groups in total. The van der Waals surface area contributed by atoms with Gasteiger partial charge in [-0.25, -0.2) is 13.4 Å². The Labute approximate surface area is 95.6 Å². The predicted molar refractivity (Wildman–Crippen MR) is 61.9 cm³/mol. The fourth-order valence-corrected chi connectivity index (χ4v) is 2.87. The quantitative estimate of drug-likeness (QED) is 0.808. The van der Waals surface area contributed by atoms with Gasteiger partial charge in [0.15, 0.2) is 9.84 Å². The minimum Gasteiger partial charge on any atom is -0.481 e. The number of hydrogen-bond donors (Lipinski definition) is 1. The van der Waals surface area contributed by atoms with Gasteiger partial charge in [-0.1, -0.05) is 6.07 Å². The van der Waals surface area contributed by atoms with E-state index < -0.39 is 9.84 Å². The minimum atomic E-state index is -3.20. The molecule has 1 atom stereocenters. The zero-order valence-corrected chi connectivity index (χ0v) is 10.2. The minimum absolute atomic E-state index is 0.0358. The summed E-state index contributed by atoms with van der Waals surface area (Å²) in [7, 11) is -1.71. The van der Waals surface area contributed by atoms with E-state index in [2.05, 4.69) is 4.98 Å². The molecule has 0 saturated heterocycles. The molecule has 0 spiro atoms. The Bertz CT molecular complexity index is 443. The number of nitrogens with zero attached hydrogens (tertiary/aromatic N) is 1. The Balaban J connectivity index is 2.80. The summed E-state index contributed by atoms with van der Waals surface area (Å²) in [5, 5.41) is 0. The van der Waals surface area contributed by atoms with Gasteiger partial charge in [0.05, 0.1) is 24.3 Å². The molecule has 0 amide bonds. The van der Waals surface area contributed by atoms with Gasteiger partial charge in [-0.2, -0.15) is 0 Å². The van der Waals surface area contributed by atoms with Gasteiger partial charge in [-0.3, -0.25) is 0 Å². The van der Waals surface area contributed by atoms with Crippen LogP contribution in [0.5, 0.6) is 5.88 Å². The van der Waals surface area contributed by atoms with E-state index in [9.17, 15) is 8.42 Å². The summed E-state index contributed by atoms with van der Waals surface area (Å²) in [6, 6.07) is 4.67. The molecule has 5 nitrogen and oxygen atoms in total. The van der Waals surface area contributed by atoms with E-state index in [1.165, 1.54) is 7.11 Å². The highest BCUT2D eigenvalue weighted by Gasteiger charge is 2.15. The molecule has 1 aromatic heterocycles. The van der Waals surface area contributed by atoms with Gasteiger partial charge in [0.1, 0.15) is 0 Å². The van der Waals surface area contributed by atoms with Crippen LogP contribution in [0.1, 0.15) is 12.6 Å². The Morgan fingerprint density at radius 2 is 2.19 bits per heavy atom. The van der Waals surface area contributed by atoms with E-state index >= 15 is 0 Å². The highest BCUT2D eigenvalue weighted by atomic mass is 32.2. The smallest absolute Gasteiger partial charge is 0.213 e. The molecule has 16 heavy (non-hydrogen) atoms. The molecule has 1 aromatic rings. The Hall–Kier alpha value is -1.14. The van der Waals surface area contributed by atoms with Crippen LogP contribution in [0.15, 0.2) is 18.2 Å². The second-order valence-corrected chi connectivity index (χ2v) is 5.81. The van der Waals surface area contributed by atoms with Crippen LogP contribution < -0.4 is 10.5 Å². The van der Waals surface area contributed by atoms with Crippen LogP contribution in [0.4, 0.5) is 0 Å². The average molecular weight is 244 g/mol.